The minimum absolute atomic E-state index is 0.00432. The van der Waals surface area contributed by atoms with Crippen molar-refractivity contribution >= 4 is 5.91 Å². The van der Waals surface area contributed by atoms with Crippen molar-refractivity contribution in [3.05, 3.63) is 77.6 Å². The molecule has 4 rings (SSSR count). The lowest BCUT2D eigenvalue weighted by atomic mass is 9.97. The van der Waals surface area contributed by atoms with Gasteiger partial charge in [-0.2, -0.15) is 5.10 Å². The van der Waals surface area contributed by atoms with Gasteiger partial charge in [-0.3, -0.25) is 14.8 Å². The van der Waals surface area contributed by atoms with Crippen LogP contribution in [-0.2, 0) is 6.54 Å². The van der Waals surface area contributed by atoms with E-state index in [0.29, 0.717) is 11.5 Å². The molecule has 1 atom stereocenters. The summed E-state index contributed by atoms with van der Waals surface area (Å²) in [5.74, 6) is 0.487. The van der Waals surface area contributed by atoms with E-state index in [-0.39, 0.29) is 5.91 Å². The van der Waals surface area contributed by atoms with Crippen molar-refractivity contribution in [2.45, 2.75) is 26.3 Å². The predicted molar refractivity (Wildman–Crippen MR) is 116 cm³/mol. The third-order valence-electron chi connectivity index (χ3n) is 5.55. The number of benzene rings is 2. The molecule has 2 aromatic carbocycles. The maximum Gasteiger partial charge on any atom is 0.251 e. The van der Waals surface area contributed by atoms with Gasteiger partial charge in [-0.05, 0) is 61.6 Å². The normalized spacial score (nSPS) is 17.2. The number of amides is 1. The van der Waals surface area contributed by atoms with Crippen LogP contribution in [0.5, 0.6) is 0 Å². The van der Waals surface area contributed by atoms with Crippen LogP contribution in [-0.4, -0.2) is 40.6 Å². The molecule has 5 nitrogen and oxygen atoms in total. The van der Waals surface area contributed by atoms with E-state index in [1.165, 1.54) is 0 Å². The zero-order valence-corrected chi connectivity index (χ0v) is 16.9. The second kappa shape index (κ2) is 9.05. The first kappa shape index (κ1) is 19.4. The molecule has 2 heterocycles. The average molecular weight is 389 g/mol. The van der Waals surface area contributed by atoms with Crippen LogP contribution in [0.3, 0.4) is 0 Å². The SMILES string of the molecule is Cc1cc(CN2CCC[C@H](CNC(=O)c3ccc(-c4ccccc4)cc3)C2)n[nH]1. The molecule has 3 aromatic rings. The molecule has 0 radical (unpaired) electrons. The number of aromatic amines is 1. The quantitative estimate of drug-likeness (QED) is 0.670. The summed E-state index contributed by atoms with van der Waals surface area (Å²) in [4.78, 5) is 15.0. The molecule has 2 N–H and O–H groups in total. The van der Waals surface area contributed by atoms with Crippen molar-refractivity contribution in [1.29, 1.82) is 0 Å². The van der Waals surface area contributed by atoms with Crippen molar-refractivity contribution in [2.75, 3.05) is 19.6 Å². The Morgan fingerprint density at radius 2 is 1.90 bits per heavy atom. The van der Waals surface area contributed by atoms with Crippen molar-refractivity contribution in [3.8, 4) is 11.1 Å². The number of H-pyrrole nitrogens is 1. The number of likely N-dealkylation sites (tertiary alicyclic amines) is 1. The highest BCUT2D eigenvalue weighted by molar-refractivity contribution is 5.94. The van der Waals surface area contributed by atoms with Gasteiger partial charge in [0.05, 0.1) is 5.69 Å². The molecule has 5 heteroatoms. The third kappa shape index (κ3) is 5.12. The minimum Gasteiger partial charge on any atom is -0.352 e. The summed E-state index contributed by atoms with van der Waals surface area (Å²) in [6, 6.07) is 20.2. The first-order valence-corrected chi connectivity index (χ1v) is 10.3. The number of rotatable bonds is 6. The third-order valence-corrected chi connectivity index (χ3v) is 5.55. The summed E-state index contributed by atoms with van der Waals surface area (Å²) in [6.45, 7) is 5.71. The zero-order chi connectivity index (χ0) is 20.1. The van der Waals surface area contributed by atoms with E-state index < -0.39 is 0 Å². The molecule has 1 aliphatic rings. The van der Waals surface area contributed by atoms with Gasteiger partial charge in [0.1, 0.15) is 0 Å². The summed E-state index contributed by atoms with van der Waals surface area (Å²) >= 11 is 0. The molecule has 0 bridgehead atoms. The molecule has 1 aliphatic heterocycles. The summed E-state index contributed by atoms with van der Waals surface area (Å²) in [6.07, 6.45) is 2.32. The molecule has 1 aromatic heterocycles. The molecule has 0 aliphatic carbocycles. The summed E-state index contributed by atoms with van der Waals surface area (Å²) in [5, 5.41) is 10.5. The molecule has 150 valence electrons. The van der Waals surface area contributed by atoms with E-state index in [1.54, 1.807) is 0 Å². The van der Waals surface area contributed by atoms with Crippen LogP contribution in [0.15, 0.2) is 60.7 Å². The molecule has 1 saturated heterocycles. The van der Waals surface area contributed by atoms with E-state index in [9.17, 15) is 4.79 Å². The van der Waals surface area contributed by atoms with Crippen molar-refractivity contribution in [1.82, 2.24) is 20.4 Å². The molecule has 0 spiro atoms. The van der Waals surface area contributed by atoms with Gasteiger partial charge in [0.2, 0.25) is 0 Å². The van der Waals surface area contributed by atoms with Gasteiger partial charge < -0.3 is 5.32 Å². The fraction of sp³-hybridized carbons (Fsp3) is 0.333. The number of carbonyl (C=O) groups is 1. The first-order chi connectivity index (χ1) is 14.2. The monoisotopic (exact) mass is 388 g/mol. The van der Waals surface area contributed by atoms with Crippen LogP contribution < -0.4 is 5.32 Å². The lowest BCUT2D eigenvalue weighted by Gasteiger charge is -2.32. The molecule has 29 heavy (non-hydrogen) atoms. The molecular formula is C24H28N4O. The highest BCUT2D eigenvalue weighted by Crippen LogP contribution is 2.20. The molecule has 1 amide bonds. The van der Waals surface area contributed by atoms with Crippen molar-refractivity contribution < 1.29 is 4.79 Å². The highest BCUT2D eigenvalue weighted by atomic mass is 16.1. The predicted octanol–water partition coefficient (Wildman–Crippen LogP) is 4.03. The Hall–Kier alpha value is -2.92. The number of nitrogens with one attached hydrogen (secondary N) is 2. The lowest BCUT2D eigenvalue weighted by Crippen LogP contribution is -2.40. The maximum absolute atomic E-state index is 12.6. The van der Waals surface area contributed by atoms with Crippen LogP contribution in [0.1, 0.15) is 34.6 Å². The van der Waals surface area contributed by atoms with E-state index in [4.69, 9.17) is 0 Å². The van der Waals surface area contributed by atoms with Crippen LogP contribution >= 0.6 is 0 Å². The number of aromatic nitrogens is 2. The second-order valence-corrected chi connectivity index (χ2v) is 7.94. The van der Waals surface area contributed by atoms with Gasteiger partial charge in [-0.15, -0.1) is 0 Å². The molecule has 0 saturated carbocycles. The zero-order valence-electron chi connectivity index (χ0n) is 16.9. The van der Waals surface area contributed by atoms with Crippen LogP contribution in [0, 0.1) is 12.8 Å². The van der Waals surface area contributed by atoms with Gasteiger partial charge in [0, 0.05) is 30.9 Å². The Bertz CT molecular complexity index is 933. The van der Waals surface area contributed by atoms with Crippen LogP contribution in [0.4, 0.5) is 0 Å². The van der Waals surface area contributed by atoms with Crippen LogP contribution in [0.25, 0.3) is 11.1 Å². The fourth-order valence-corrected chi connectivity index (χ4v) is 4.03. The fourth-order valence-electron chi connectivity index (χ4n) is 4.03. The molecular weight excluding hydrogens is 360 g/mol. The summed E-state index contributed by atoms with van der Waals surface area (Å²) in [7, 11) is 0. The molecule has 0 unspecified atom stereocenters. The van der Waals surface area contributed by atoms with Crippen molar-refractivity contribution in [2.24, 2.45) is 5.92 Å². The lowest BCUT2D eigenvalue weighted by molar-refractivity contribution is 0.0930. The van der Waals surface area contributed by atoms with E-state index in [0.717, 1.165) is 61.5 Å². The highest BCUT2D eigenvalue weighted by Gasteiger charge is 2.21. The average Bonchev–Trinajstić information content (AvgIpc) is 3.17. The van der Waals surface area contributed by atoms with Crippen molar-refractivity contribution in [3.63, 3.8) is 0 Å². The second-order valence-electron chi connectivity index (χ2n) is 7.94. The van der Waals surface area contributed by atoms with Crippen LogP contribution in [0.2, 0.25) is 0 Å². The van der Waals surface area contributed by atoms with E-state index in [1.807, 2.05) is 49.4 Å². The number of hydrogen-bond acceptors (Lipinski definition) is 3. The Morgan fingerprint density at radius 1 is 1.14 bits per heavy atom. The summed E-state index contributed by atoms with van der Waals surface area (Å²) in [5.41, 5.74) is 5.18. The standard InChI is InChI=1S/C24H28N4O/c1-18-14-23(27-26-18)17-28-13-5-6-19(16-28)15-25-24(29)22-11-9-21(10-12-22)20-7-3-2-4-8-20/h2-4,7-12,14,19H,5-6,13,15-17H2,1H3,(H,25,29)(H,26,27)/t19-/m1/s1. The molecule has 1 fully saturated rings. The topological polar surface area (TPSA) is 61.0 Å². The number of carbonyl (C=O) groups excluding carboxylic acids is 1. The van der Waals surface area contributed by atoms with Gasteiger partial charge in [-0.1, -0.05) is 42.5 Å². The Kier molecular flexibility index (Phi) is 6.06. The number of aryl methyl sites for hydroxylation is 1. The summed E-state index contributed by atoms with van der Waals surface area (Å²) < 4.78 is 0. The van der Waals surface area contributed by atoms with Gasteiger partial charge in [0.15, 0.2) is 0 Å². The Labute approximate surface area is 172 Å². The minimum atomic E-state index is 0.00432. The number of hydrogen-bond donors (Lipinski definition) is 2. The largest absolute Gasteiger partial charge is 0.352 e. The van der Waals surface area contributed by atoms with Gasteiger partial charge in [0.25, 0.3) is 5.91 Å². The number of nitrogens with zero attached hydrogens (tertiary/aromatic N) is 2. The van der Waals surface area contributed by atoms with E-state index >= 15 is 0 Å². The Morgan fingerprint density at radius 3 is 2.62 bits per heavy atom. The smallest absolute Gasteiger partial charge is 0.251 e. The first-order valence-electron chi connectivity index (χ1n) is 10.3. The maximum atomic E-state index is 12.6. The van der Waals surface area contributed by atoms with Gasteiger partial charge in [-0.25, -0.2) is 0 Å². The number of piperidine rings is 1. The van der Waals surface area contributed by atoms with Gasteiger partial charge >= 0.3 is 0 Å². The Balaban J connectivity index is 1.28. The van der Waals surface area contributed by atoms with E-state index in [2.05, 4.69) is 38.6 Å².